The molecule has 1 fully saturated rings. The van der Waals surface area contributed by atoms with Gasteiger partial charge in [-0.05, 0) is 25.0 Å². The second-order valence-corrected chi connectivity index (χ2v) is 6.54. The highest BCUT2D eigenvalue weighted by molar-refractivity contribution is 5.77. The first-order chi connectivity index (χ1) is 11.8. The summed E-state index contributed by atoms with van der Waals surface area (Å²) in [4.78, 5) is 19.0. The van der Waals surface area contributed by atoms with Crippen molar-refractivity contribution in [3.8, 4) is 11.5 Å². The lowest BCUT2D eigenvalue weighted by Crippen LogP contribution is -2.42. The van der Waals surface area contributed by atoms with Crippen molar-refractivity contribution < 1.29 is 9.21 Å². The van der Waals surface area contributed by atoms with Crippen molar-refractivity contribution in [2.24, 2.45) is 0 Å². The second kappa shape index (κ2) is 4.93. The Kier molecular flexibility index (Phi) is 2.83. The average molecular weight is 322 g/mol. The molecule has 0 aliphatic carbocycles. The molecule has 0 radical (unpaired) electrons. The Hall–Kier alpha value is -2.63. The van der Waals surface area contributed by atoms with Crippen LogP contribution in [0.3, 0.4) is 0 Å². The van der Waals surface area contributed by atoms with E-state index in [0.29, 0.717) is 6.42 Å². The van der Waals surface area contributed by atoms with Gasteiger partial charge in [0.1, 0.15) is 5.69 Å². The van der Waals surface area contributed by atoms with Crippen LogP contribution in [-0.2, 0) is 11.2 Å². The predicted molar refractivity (Wildman–Crippen MR) is 87.3 cm³/mol. The van der Waals surface area contributed by atoms with Gasteiger partial charge in [0.2, 0.25) is 5.91 Å². The van der Waals surface area contributed by atoms with Crippen LogP contribution >= 0.6 is 0 Å². The van der Waals surface area contributed by atoms with Crippen LogP contribution in [0.4, 0.5) is 0 Å². The number of fused-ring (bicyclic) bond motifs is 6. The van der Waals surface area contributed by atoms with E-state index >= 15 is 0 Å². The Morgan fingerprint density at radius 1 is 1.42 bits per heavy atom. The fraction of sp³-hybridized carbons (Fsp3) is 0.389. The molecule has 1 amide bonds. The van der Waals surface area contributed by atoms with Crippen LogP contribution < -0.4 is 0 Å². The van der Waals surface area contributed by atoms with Gasteiger partial charge in [0.15, 0.2) is 11.4 Å². The van der Waals surface area contributed by atoms with Gasteiger partial charge < -0.3 is 9.32 Å². The van der Waals surface area contributed by atoms with E-state index in [9.17, 15) is 4.79 Å². The number of amides is 1. The molecule has 3 aromatic rings. The highest BCUT2D eigenvalue weighted by atomic mass is 16.3. The molecule has 5 rings (SSSR count). The molecular weight excluding hydrogens is 304 g/mol. The average Bonchev–Trinajstić information content (AvgIpc) is 3.31. The van der Waals surface area contributed by atoms with Gasteiger partial charge in [-0.1, -0.05) is 6.92 Å². The monoisotopic (exact) mass is 322 g/mol. The fourth-order valence-corrected chi connectivity index (χ4v) is 4.19. The van der Waals surface area contributed by atoms with Gasteiger partial charge in [-0.2, -0.15) is 5.10 Å². The van der Waals surface area contributed by atoms with Crippen LogP contribution in [0.5, 0.6) is 0 Å². The van der Waals surface area contributed by atoms with E-state index in [1.54, 1.807) is 6.26 Å². The number of hydrogen-bond donors (Lipinski definition) is 0. The fourth-order valence-electron chi connectivity index (χ4n) is 4.19. The van der Waals surface area contributed by atoms with Gasteiger partial charge in [-0.25, -0.2) is 9.50 Å². The molecule has 2 aliphatic rings. The van der Waals surface area contributed by atoms with E-state index in [-0.39, 0.29) is 18.0 Å². The van der Waals surface area contributed by atoms with Crippen LogP contribution in [0.1, 0.15) is 43.5 Å². The van der Waals surface area contributed by atoms with Crippen LogP contribution in [0.15, 0.2) is 35.1 Å². The lowest BCUT2D eigenvalue weighted by atomic mass is 9.99. The summed E-state index contributed by atoms with van der Waals surface area (Å²) in [6.45, 7) is 1.93. The minimum atomic E-state index is 0.152. The number of furan rings is 1. The lowest BCUT2D eigenvalue weighted by molar-refractivity contribution is -0.134. The number of aromatic nitrogens is 3. The molecule has 6 heteroatoms. The quantitative estimate of drug-likeness (QED) is 0.727. The Morgan fingerprint density at radius 3 is 3.12 bits per heavy atom. The van der Waals surface area contributed by atoms with E-state index in [0.717, 1.165) is 41.9 Å². The summed E-state index contributed by atoms with van der Waals surface area (Å²) < 4.78 is 7.39. The topological polar surface area (TPSA) is 63.6 Å². The standard InChI is InChI=1S/C18H18N4O2/c1-2-18(23)21-11-5-6-14(21)12-10-19-17-9-13(16-4-3-7-24-16)20-22(17)15(12)8-11/h3-4,7,9-11,14H,2,5-6,8H2,1H3/t11-,14+/m1/s1. The normalized spacial score (nSPS) is 22.1. The van der Waals surface area contributed by atoms with E-state index in [2.05, 4.69) is 9.88 Å². The summed E-state index contributed by atoms with van der Waals surface area (Å²) in [6, 6.07) is 6.15. The van der Waals surface area contributed by atoms with Crippen molar-refractivity contribution in [2.75, 3.05) is 0 Å². The third-order valence-electron chi connectivity index (χ3n) is 5.27. The van der Waals surface area contributed by atoms with Crippen LogP contribution in [0.25, 0.3) is 17.1 Å². The largest absolute Gasteiger partial charge is 0.463 e. The SMILES string of the molecule is CCC(=O)N1[C@@H]2CC[C@H]1c1cnc3cc(-c4ccco4)nn3c1C2. The molecular formula is C18H18N4O2. The summed E-state index contributed by atoms with van der Waals surface area (Å²) in [5, 5.41) is 4.71. The zero-order chi connectivity index (χ0) is 16.3. The molecule has 2 atom stereocenters. The maximum atomic E-state index is 12.3. The molecule has 24 heavy (non-hydrogen) atoms. The van der Waals surface area contributed by atoms with Crippen molar-refractivity contribution in [3.63, 3.8) is 0 Å². The molecule has 122 valence electrons. The predicted octanol–water partition coefficient (Wildman–Crippen LogP) is 2.99. The molecule has 2 aliphatic heterocycles. The molecule has 2 bridgehead atoms. The third-order valence-corrected chi connectivity index (χ3v) is 5.27. The maximum Gasteiger partial charge on any atom is 0.223 e. The number of carbonyl (C=O) groups excluding carboxylic acids is 1. The number of rotatable bonds is 2. The number of hydrogen-bond acceptors (Lipinski definition) is 4. The van der Waals surface area contributed by atoms with E-state index in [1.807, 2.05) is 35.8 Å². The van der Waals surface area contributed by atoms with Gasteiger partial charge in [-0.3, -0.25) is 4.79 Å². The molecule has 0 saturated carbocycles. The maximum absolute atomic E-state index is 12.3. The zero-order valence-electron chi connectivity index (χ0n) is 13.5. The van der Waals surface area contributed by atoms with Gasteiger partial charge in [0.05, 0.1) is 18.0 Å². The molecule has 6 nitrogen and oxygen atoms in total. The number of nitrogens with zero attached hydrogens (tertiary/aromatic N) is 4. The van der Waals surface area contributed by atoms with Crippen molar-refractivity contribution in [1.29, 1.82) is 0 Å². The Bertz CT molecular complexity index is 928. The summed E-state index contributed by atoms with van der Waals surface area (Å²) in [6.07, 6.45) is 7.05. The van der Waals surface area contributed by atoms with Gasteiger partial charge in [-0.15, -0.1) is 0 Å². The highest BCUT2D eigenvalue weighted by Crippen LogP contribution is 2.43. The molecule has 3 aromatic heterocycles. The Balaban J connectivity index is 1.65. The van der Waals surface area contributed by atoms with Gasteiger partial charge >= 0.3 is 0 Å². The van der Waals surface area contributed by atoms with Crippen LogP contribution in [0, 0.1) is 0 Å². The van der Waals surface area contributed by atoms with Crippen LogP contribution in [0.2, 0.25) is 0 Å². The summed E-state index contributed by atoms with van der Waals surface area (Å²) in [7, 11) is 0. The third kappa shape index (κ3) is 1.79. The van der Waals surface area contributed by atoms with Crippen molar-refractivity contribution in [2.45, 2.75) is 44.7 Å². The minimum Gasteiger partial charge on any atom is -0.463 e. The zero-order valence-corrected chi connectivity index (χ0v) is 13.5. The highest BCUT2D eigenvalue weighted by Gasteiger charge is 2.43. The summed E-state index contributed by atoms with van der Waals surface area (Å²) >= 11 is 0. The van der Waals surface area contributed by atoms with Gasteiger partial charge in [0, 0.05) is 36.7 Å². The van der Waals surface area contributed by atoms with Crippen molar-refractivity contribution >= 4 is 11.6 Å². The first-order valence-electron chi connectivity index (χ1n) is 8.49. The van der Waals surface area contributed by atoms with E-state index in [1.165, 1.54) is 5.69 Å². The smallest absolute Gasteiger partial charge is 0.223 e. The minimum absolute atomic E-state index is 0.152. The van der Waals surface area contributed by atoms with E-state index in [4.69, 9.17) is 9.52 Å². The first kappa shape index (κ1) is 13.8. The van der Waals surface area contributed by atoms with Gasteiger partial charge in [0.25, 0.3) is 0 Å². The summed E-state index contributed by atoms with van der Waals surface area (Å²) in [5.74, 6) is 0.987. The Labute approximate surface area is 139 Å². The van der Waals surface area contributed by atoms with Crippen molar-refractivity contribution in [3.05, 3.63) is 41.9 Å². The first-order valence-corrected chi connectivity index (χ1v) is 8.49. The molecule has 0 unspecified atom stereocenters. The summed E-state index contributed by atoms with van der Waals surface area (Å²) in [5.41, 5.74) is 3.95. The number of carbonyl (C=O) groups is 1. The molecule has 0 aromatic carbocycles. The van der Waals surface area contributed by atoms with Crippen LogP contribution in [-0.4, -0.2) is 31.4 Å². The van der Waals surface area contributed by atoms with Crippen molar-refractivity contribution in [1.82, 2.24) is 19.5 Å². The molecule has 0 N–H and O–H groups in total. The molecule has 1 saturated heterocycles. The van der Waals surface area contributed by atoms with E-state index < -0.39 is 0 Å². The Morgan fingerprint density at radius 2 is 2.33 bits per heavy atom. The lowest BCUT2D eigenvalue weighted by Gasteiger charge is -2.36. The molecule has 0 spiro atoms. The second-order valence-electron chi connectivity index (χ2n) is 6.54. The molecule has 5 heterocycles.